The van der Waals surface area contributed by atoms with Crippen molar-refractivity contribution in [3.05, 3.63) is 77.6 Å². The molecule has 0 bridgehead atoms. The van der Waals surface area contributed by atoms with Gasteiger partial charge in [0.05, 0.1) is 18.4 Å². The van der Waals surface area contributed by atoms with Crippen molar-refractivity contribution in [2.45, 2.75) is 20.1 Å². The number of alkyl halides is 2. The lowest BCUT2D eigenvalue weighted by molar-refractivity contribution is -0.0498. The minimum atomic E-state index is -2.89. The van der Waals surface area contributed by atoms with E-state index >= 15 is 0 Å². The number of carbonyl (C=O) groups is 1. The number of rotatable bonds is 6. The molecule has 1 heterocycles. The normalized spacial score (nSPS) is 10.8. The van der Waals surface area contributed by atoms with Gasteiger partial charge in [-0.3, -0.25) is 9.48 Å². The molecule has 7 heteroatoms. The highest BCUT2D eigenvalue weighted by Gasteiger charge is 2.10. The molecule has 0 saturated carbocycles. The fourth-order valence-electron chi connectivity index (χ4n) is 2.47. The average Bonchev–Trinajstić information content (AvgIpc) is 3.04. The van der Waals surface area contributed by atoms with Crippen LogP contribution in [0, 0.1) is 6.92 Å². The van der Waals surface area contributed by atoms with E-state index < -0.39 is 6.61 Å². The SMILES string of the molecule is Cc1ccccc1Cn1cc(NC(=O)c2ccc(OC(F)F)cc2)cn1. The van der Waals surface area contributed by atoms with Crippen LogP contribution < -0.4 is 10.1 Å². The molecule has 3 rings (SSSR count). The second kappa shape index (κ2) is 7.77. The first-order valence-electron chi connectivity index (χ1n) is 7.94. The summed E-state index contributed by atoms with van der Waals surface area (Å²) in [7, 11) is 0. The van der Waals surface area contributed by atoms with Gasteiger partial charge in [-0.1, -0.05) is 24.3 Å². The number of amides is 1. The van der Waals surface area contributed by atoms with Crippen LogP contribution in [-0.4, -0.2) is 22.3 Å². The molecule has 0 aliphatic rings. The van der Waals surface area contributed by atoms with E-state index in [1.807, 2.05) is 31.2 Å². The molecule has 0 spiro atoms. The molecular weight excluding hydrogens is 340 g/mol. The Bertz CT molecular complexity index is 892. The maximum atomic E-state index is 12.2. The molecule has 134 valence electrons. The van der Waals surface area contributed by atoms with Crippen molar-refractivity contribution in [1.29, 1.82) is 0 Å². The van der Waals surface area contributed by atoms with Gasteiger partial charge in [-0.25, -0.2) is 0 Å². The van der Waals surface area contributed by atoms with E-state index in [1.165, 1.54) is 29.8 Å². The Kier molecular flexibility index (Phi) is 5.26. The lowest BCUT2D eigenvalue weighted by Crippen LogP contribution is -2.11. The number of ether oxygens (including phenoxy) is 1. The Morgan fingerprint density at radius 2 is 1.92 bits per heavy atom. The summed E-state index contributed by atoms with van der Waals surface area (Å²) in [5.41, 5.74) is 3.19. The second-order valence-electron chi connectivity index (χ2n) is 5.71. The Morgan fingerprint density at radius 3 is 2.62 bits per heavy atom. The lowest BCUT2D eigenvalue weighted by Gasteiger charge is -2.06. The molecule has 0 radical (unpaired) electrons. The number of benzene rings is 2. The highest BCUT2D eigenvalue weighted by Crippen LogP contribution is 2.16. The van der Waals surface area contributed by atoms with Crippen molar-refractivity contribution in [3.63, 3.8) is 0 Å². The van der Waals surface area contributed by atoms with Gasteiger partial charge in [0.15, 0.2) is 0 Å². The van der Waals surface area contributed by atoms with Crippen molar-refractivity contribution >= 4 is 11.6 Å². The maximum absolute atomic E-state index is 12.2. The number of hydrogen-bond donors (Lipinski definition) is 1. The minimum Gasteiger partial charge on any atom is -0.435 e. The Labute approximate surface area is 149 Å². The Balaban J connectivity index is 1.63. The van der Waals surface area contributed by atoms with Gasteiger partial charge >= 0.3 is 6.61 Å². The first-order valence-corrected chi connectivity index (χ1v) is 7.94. The smallest absolute Gasteiger partial charge is 0.387 e. The van der Waals surface area contributed by atoms with Crippen molar-refractivity contribution in [1.82, 2.24) is 9.78 Å². The fraction of sp³-hybridized carbons (Fsp3) is 0.158. The van der Waals surface area contributed by atoms with Gasteiger partial charge in [0.25, 0.3) is 5.91 Å². The quantitative estimate of drug-likeness (QED) is 0.723. The largest absolute Gasteiger partial charge is 0.435 e. The maximum Gasteiger partial charge on any atom is 0.387 e. The van der Waals surface area contributed by atoms with E-state index in [0.29, 0.717) is 17.8 Å². The zero-order valence-electron chi connectivity index (χ0n) is 14.0. The van der Waals surface area contributed by atoms with Crippen LogP contribution in [0.4, 0.5) is 14.5 Å². The van der Waals surface area contributed by atoms with Gasteiger partial charge in [-0.05, 0) is 42.3 Å². The van der Waals surface area contributed by atoms with Crippen molar-refractivity contribution in [3.8, 4) is 5.75 Å². The van der Waals surface area contributed by atoms with Crippen LogP contribution in [0.15, 0.2) is 60.9 Å². The zero-order valence-corrected chi connectivity index (χ0v) is 14.0. The summed E-state index contributed by atoms with van der Waals surface area (Å²) in [5.74, 6) is -0.355. The van der Waals surface area contributed by atoms with Gasteiger partial charge in [0.1, 0.15) is 5.75 Å². The van der Waals surface area contributed by atoms with Crippen molar-refractivity contribution in [2.75, 3.05) is 5.32 Å². The van der Waals surface area contributed by atoms with E-state index in [9.17, 15) is 13.6 Å². The molecule has 0 saturated heterocycles. The summed E-state index contributed by atoms with van der Waals surface area (Å²) in [4.78, 5) is 12.2. The van der Waals surface area contributed by atoms with Crippen LogP contribution >= 0.6 is 0 Å². The molecule has 0 aliphatic carbocycles. The molecule has 0 aliphatic heterocycles. The van der Waals surface area contributed by atoms with E-state index in [0.717, 1.165) is 5.56 Å². The van der Waals surface area contributed by atoms with Crippen LogP contribution in [0.1, 0.15) is 21.5 Å². The number of aromatic nitrogens is 2. The third-order valence-corrected chi connectivity index (χ3v) is 3.83. The Morgan fingerprint density at radius 1 is 1.19 bits per heavy atom. The summed E-state index contributed by atoms with van der Waals surface area (Å²) < 4.78 is 30.3. The molecule has 1 N–H and O–H groups in total. The van der Waals surface area contributed by atoms with Crippen molar-refractivity contribution < 1.29 is 18.3 Å². The molecular formula is C19H17F2N3O2. The monoisotopic (exact) mass is 357 g/mol. The summed E-state index contributed by atoms with van der Waals surface area (Å²) in [6.07, 6.45) is 3.29. The lowest BCUT2D eigenvalue weighted by atomic mass is 10.1. The van der Waals surface area contributed by atoms with Crippen LogP contribution in [-0.2, 0) is 6.54 Å². The zero-order chi connectivity index (χ0) is 18.5. The molecule has 5 nitrogen and oxygen atoms in total. The second-order valence-corrected chi connectivity index (χ2v) is 5.71. The molecule has 0 atom stereocenters. The predicted molar refractivity (Wildman–Crippen MR) is 93.5 cm³/mol. The number of anilines is 1. The highest BCUT2D eigenvalue weighted by molar-refractivity contribution is 6.04. The number of nitrogens with zero attached hydrogens (tertiary/aromatic N) is 2. The number of hydrogen-bond acceptors (Lipinski definition) is 3. The fourth-order valence-corrected chi connectivity index (χ4v) is 2.47. The van der Waals surface area contributed by atoms with Crippen LogP contribution in [0.5, 0.6) is 5.75 Å². The van der Waals surface area contributed by atoms with E-state index in [2.05, 4.69) is 15.2 Å². The number of aryl methyl sites for hydroxylation is 1. The average molecular weight is 357 g/mol. The van der Waals surface area contributed by atoms with Gasteiger partial charge < -0.3 is 10.1 Å². The molecule has 2 aromatic carbocycles. The first kappa shape index (κ1) is 17.6. The molecule has 26 heavy (non-hydrogen) atoms. The van der Waals surface area contributed by atoms with E-state index in [-0.39, 0.29) is 11.7 Å². The standard InChI is InChI=1S/C19H17F2N3O2/c1-13-4-2-3-5-15(13)11-24-12-16(10-22-24)23-18(25)14-6-8-17(9-7-14)26-19(20)21/h2-10,12,19H,11H2,1H3,(H,23,25). The van der Waals surface area contributed by atoms with Crippen LogP contribution in [0.25, 0.3) is 0 Å². The first-order chi connectivity index (χ1) is 12.5. The van der Waals surface area contributed by atoms with E-state index in [4.69, 9.17) is 0 Å². The predicted octanol–water partition coefficient (Wildman–Crippen LogP) is 4.09. The number of nitrogens with one attached hydrogen (secondary N) is 1. The third kappa shape index (κ3) is 4.44. The summed E-state index contributed by atoms with van der Waals surface area (Å²) >= 11 is 0. The van der Waals surface area contributed by atoms with Crippen LogP contribution in [0.3, 0.4) is 0 Å². The van der Waals surface area contributed by atoms with Crippen molar-refractivity contribution in [2.24, 2.45) is 0 Å². The topological polar surface area (TPSA) is 56.2 Å². The molecule has 0 fully saturated rings. The minimum absolute atomic E-state index is 0.00241. The molecule has 3 aromatic rings. The molecule has 0 unspecified atom stereocenters. The number of halogens is 2. The van der Waals surface area contributed by atoms with E-state index in [1.54, 1.807) is 17.1 Å². The van der Waals surface area contributed by atoms with Crippen LogP contribution in [0.2, 0.25) is 0 Å². The van der Waals surface area contributed by atoms with Gasteiger partial charge in [-0.2, -0.15) is 13.9 Å². The third-order valence-electron chi connectivity index (χ3n) is 3.83. The summed E-state index contributed by atoms with van der Waals surface area (Å²) in [6.45, 7) is -0.265. The Hall–Kier alpha value is -3.22. The van der Waals surface area contributed by atoms with Gasteiger partial charge in [-0.15, -0.1) is 0 Å². The number of carbonyl (C=O) groups excluding carboxylic acids is 1. The summed E-state index contributed by atoms with van der Waals surface area (Å²) in [6, 6.07) is 13.5. The van der Waals surface area contributed by atoms with Gasteiger partial charge in [0.2, 0.25) is 0 Å². The summed E-state index contributed by atoms with van der Waals surface area (Å²) in [5, 5.41) is 6.97. The highest BCUT2D eigenvalue weighted by atomic mass is 19.3. The molecule has 1 aromatic heterocycles. The van der Waals surface area contributed by atoms with Gasteiger partial charge in [0, 0.05) is 11.8 Å². The molecule has 1 amide bonds.